The van der Waals surface area contributed by atoms with Crippen molar-refractivity contribution in [3.8, 4) is 0 Å². The Morgan fingerprint density at radius 2 is 2.07 bits per heavy atom. The van der Waals surface area contributed by atoms with Crippen LogP contribution in [0.2, 0.25) is 0 Å². The zero-order valence-electron chi connectivity index (χ0n) is 16.1. The highest BCUT2D eigenvalue weighted by Gasteiger charge is 2.44. The second-order valence-electron chi connectivity index (χ2n) is 6.66. The molecule has 156 valence electrons. The fraction of sp³-hybridized carbons (Fsp3) is 0.529. The van der Waals surface area contributed by atoms with E-state index >= 15 is 0 Å². The molecular weight excluding hydrogens is 386 g/mol. The number of nitrogens with one attached hydrogen (secondary N) is 1. The standard InChI is InChI=1S/C17H21N5O7/c1-9-5-21(17(26)20-16(9)25)14-4-12(22-8-18-7-19-22)15(28-11(3)24)13(29-14)6-27-10(2)23/h5,7-8,12-15H,4,6H2,1-3H3,(H,20,25,26)/t12-,13+,14-,15-/m0/s1. The van der Waals surface area contributed by atoms with E-state index in [1.54, 1.807) is 6.92 Å². The number of carbonyl (C=O) groups is 2. The van der Waals surface area contributed by atoms with Crippen LogP contribution >= 0.6 is 0 Å². The lowest BCUT2D eigenvalue weighted by molar-refractivity contribution is -0.205. The summed E-state index contributed by atoms with van der Waals surface area (Å²) in [6.45, 7) is 3.85. The summed E-state index contributed by atoms with van der Waals surface area (Å²) in [5.41, 5.74) is -0.826. The van der Waals surface area contributed by atoms with Crippen molar-refractivity contribution in [1.82, 2.24) is 24.3 Å². The minimum atomic E-state index is -0.880. The molecule has 0 saturated carbocycles. The molecule has 4 atom stereocenters. The summed E-state index contributed by atoms with van der Waals surface area (Å²) in [5.74, 6) is -1.08. The molecule has 1 fully saturated rings. The molecule has 29 heavy (non-hydrogen) atoms. The van der Waals surface area contributed by atoms with Crippen LogP contribution in [0.5, 0.6) is 0 Å². The SMILES string of the molecule is CC(=O)OC[C@H]1O[C@H](n2cc(C)c(=O)[nH]c2=O)C[C@H](n2cncn2)[C@@H]1OC(C)=O. The maximum atomic E-state index is 12.3. The highest BCUT2D eigenvalue weighted by molar-refractivity contribution is 5.66. The second kappa shape index (κ2) is 8.39. The largest absolute Gasteiger partial charge is 0.463 e. The number of nitrogens with zero attached hydrogens (tertiary/aromatic N) is 4. The summed E-state index contributed by atoms with van der Waals surface area (Å²) in [7, 11) is 0. The second-order valence-corrected chi connectivity index (χ2v) is 6.66. The van der Waals surface area contributed by atoms with Gasteiger partial charge < -0.3 is 14.2 Å². The molecule has 2 aromatic rings. The van der Waals surface area contributed by atoms with Gasteiger partial charge in [0.1, 0.15) is 31.6 Å². The summed E-state index contributed by atoms with van der Waals surface area (Å²) >= 11 is 0. The maximum Gasteiger partial charge on any atom is 0.330 e. The number of esters is 2. The molecule has 1 aliphatic heterocycles. The Kier molecular flexibility index (Phi) is 5.92. The molecule has 3 rings (SSSR count). The van der Waals surface area contributed by atoms with Gasteiger partial charge in [0.15, 0.2) is 6.10 Å². The van der Waals surface area contributed by atoms with Crippen LogP contribution in [0, 0.1) is 6.92 Å². The first kappa shape index (κ1) is 20.5. The topological polar surface area (TPSA) is 147 Å². The monoisotopic (exact) mass is 407 g/mol. The van der Waals surface area contributed by atoms with Crippen molar-refractivity contribution < 1.29 is 23.8 Å². The number of H-pyrrole nitrogens is 1. The van der Waals surface area contributed by atoms with E-state index in [4.69, 9.17) is 14.2 Å². The third-order valence-corrected chi connectivity index (χ3v) is 4.51. The first-order chi connectivity index (χ1) is 13.8. The fourth-order valence-corrected chi connectivity index (χ4v) is 3.23. The predicted octanol–water partition coefficient (Wildman–Crippen LogP) is -0.540. The fourth-order valence-electron chi connectivity index (χ4n) is 3.23. The highest BCUT2D eigenvalue weighted by Crippen LogP contribution is 2.36. The van der Waals surface area contributed by atoms with Crippen LogP contribution in [0.25, 0.3) is 0 Å². The van der Waals surface area contributed by atoms with Gasteiger partial charge in [-0.05, 0) is 6.92 Å². The first-order valence-electron chi connectivity index (χ1n) is 8.88. The van der Waals surface area contributed by atoms with Crippen LogP contribution in [0.1, 0.15) is 38.1 Å². The number of rotatable bonds is 5. The van der Waals surface area contributed by atoms with Crippen molar-refractivity contribution >= 4 is 11.9 Å². The predicted molar refractivity (Wildman–Crippen MR) is 95.8 cm³/mol. The first-order valence-corrected chi connectivity index (χ1v) is 8.88. The molecular formula is C17H21N5O7. The molecule has 0 aromatic carbocycles. The summed E-state index contributed by atoms with van der Waals surface area (Å²) < 4.78 is 19.2. The van der Waals surface area contributed by atoms with E-state index in [1.807, 2.05) is 0 Å². The Balaban J connectivity index is 2.01. The number of aromatic nitrogens is 5. The molecule has 0 aliphatic carbocycles. The van der Waals surface area contributed by atoms with Crippen LogP contribution in [-0.4, -0.2) is 55.1 Å². The summed E-state index contributed by atoms with van der Waals surface area (Å²) in [5, 5.41) is 4.12. The molecule has 1 saturated heterocycles. The van der Waals surface area contributed by atoms with Crippen molar-refractivity contribution in [2.75, 3.05) is 6.61 Å². The van der Waals surface area contributed by atoms with Gasteiger partial charge in [-0.1, -0.05) is 0 Å². The molecule has 1 N–H and O–H groups in total. The molecule has 3 heterocycles. The Hall–Kier alpha value is -3.28. The number of hydrogen-bond acceptors (Lipinski definition) is 9. The zero-order chi connectivity index (χ0) is 21.1. The van der Waals surface area contributed by atoms with E-state index in [-0.39, 0.29) is 13.0 Å². The van der Waals surface area contributed by atoms with Crippen LogP contribution in [-0.2, 0) is 23.8 Å². The van der Waals surface area contributed by atoms with E-state index in [0.717, 1.165) is 0 Å². The lowest BCUT2D eigenvalue weighted by Crippen LogP contribution is -2.50. The van der Waals surface area contributed by atoms with Crippen LogP contribution in [0.4, 0.5) is 0 Å². The van der Waals surface area contributed by atoms with Crippen molar-refractivity contribution in [2.45, 2.75) is 51.7 Å². The van der Waals surface area contributed by atoms with Gasteiger partial charge >= 0.3 is 17.6 Å². The number of hydrogen-bond donors (Lipinski definition) is 1. The van der Waals surface area contributed by atoms with Crippen LogP contribution in [0.15, 0.2) is 28.4 Å². The number of ether oxygens (including phenoxy) is 3. The molecule has 12 heteroatoms. The Labute approximate surface area is 164 Å². The number of carbonyl (C=O) groups excluding carboxylic acids is 2. The Bertz CT molecular complexity index is 996. The molecule has 0 unspecified atom stereocenters. The van der Waals surface area contributed by atoms with Gasteiger partial charge in [-0.25, -0.2) is 14.5 Å². The van der Waals surface area contributed by atoms with Crippen molar-refractivity contribution in [3.05, 3.63) is 45.3 Å². The van der Waals surface area contributed by atoms with E-state index in [9.17, 15) is 19.2 Å². The minimum absolute atomic E-state index is 0.184. The van der Waals surface area contributed by atoms with Gasteiger partial charge in [-0.15, -0.1) is 0 Å². The van der Waals surface area contributed by atoms with E-state index in [1.165, 1.54) is 41.9 Å². The minimum Gasteiger partial charge on any atom is -0.463 e. The van der Waals surface area contributed by atoms with Crippen LogP contribution in [0.3, 0.4) is 0 Å². The zero-order valence-corrected chi connectivity index (χ0v) is 16.1. The average Bonchev–Trinajstić information content (AvgIpc) is 3.17. The Morgan fingerprint density at radius 1 is 1.31 bits per heavy atom. The van der Waals surface area contributed by atoms with Crippen LogP contribution < -0.4 is 11.2 Å². The summed E-state index contributed by atoms with van der Waals surface area (Å²) in [6, 6.07) is -0.556. The molecule has 1 aliphatic rings. The molecule has 12 nitrogen and oxygen atoms in total. The maximum absolute atomic E-state index is 12.3. The van der Waals surface area contributed by atoms with Gasteiger partial charge in [-0.3, -0.25) is 23.9 Å². The molecule has 0 bridgehead atoms. The van der Waals surface area contributed by atoms with Gasteiger partial charge in [0, 0.05) is 32.0 Å². The summed E-state index contributed by atoms with van der Waals surface area (Å²) in [6.07, 6.45) is 1.79. The van der Waals surface area contributed by atoms with Crippen molar-refractivity contribution in [3.63, 3.8) is 0 Å². The van der Waals surface area contributed by atoms with Gasteiger partial charge in [0.2, 0.25) is 0 Å². The Morgan fingerprint density at radius 3 is 2.69 bits per heavy atom. The average molecular weight is 407 g/mol. The normalized spacial score (nSPS) is 24.1. The van der Waals surface area contributed by atoms with E-state index in [2.05, 4.69) is 15.1 Å². The molecule has 0 amide bonds. The highest BCUT2D eigenvalue weighted by atomic mass is 16.6. The number of aromatic amines is 1. The number of aryl methyl sites for hydroxylation is 1. The molecule has 2 aromatic heterocycles. The molecule has 0 radical (unpaired) electrons. The van der Waals surface area contributed by atoms with Gasteiger partial charge in [0.05, 0.1) is 6.04 Å². The van der Waals surface area contributed by atoms with E-state index in [0.29, 0.717) is 5.56 Å². The summed E-state index contributed by atoms with van der Waals surface area (Å²) in [4.78, 5) is 53.2. The van der Waals surface area contributed by atoms with E-state index < -0.39 is 47.7 Å². The molecule has 0 spiro atoms. The van der Waals surface area contributed by atoms with Crippen molar-refractivity contribution in [2.24, 2.45) is 0 Å². The quantitative estimate of drug-likeness (QED) is 0.645. The van der Waals surface area contributed by atoms with Crippen molar-refractivity contribution in [1.29, 1.82) is 0 Å². The van der Waals surface area contributed by atoms with Gasteiger partial charge in [0.25, 0.3) is 5.56 Å². The lowest BCUT2D eigenvalue weighted by atomic mass is 9.97. The third kappa shape index (κ3) is 4.59. The third-order valence-electron chi connectivity index (χ3n) is 4.51. The smallest absolute Gasteiger partial charge is 0.330 e. The lowest BCUT2D eigenvalue weighted by Gasteiger charge is -2.41. The van der Waals surface area contributed by atoms with Gasteiger partial charge in [-0.2, -0.15) is 5.10 Å².